The summed E-state index contributed by atoms with van der Waals surface area (Å²) >= 11 is 0. The van der Waals surface area contributed by atoms with E-state index in [0.29, 0.717) is 6.61 Å². The molecule has 0 bridgehead atoms. The molecule has 4 N–H and O–H groups in total. The Morgan fingerprint density at radius 1 is 1.06 bits per heavy atom. The Morgan fingerprint density at radius 2 is 1.67 bits per heavy atom. The van der Waals surface area contributed by atoms with Crippen LogP contribution in [0.1, 0.15) is 0 Å². The summed E-state index contributed by atoms with van der Waals surface area (Å²) in [6.07, 6.45) is -5.91. The number of aliphatic hydroxyl groups is 4. The average molecular weight is 280 g/mol. The van der Waals surface area contributed by atoms with Gasteiger partial charge < -0.3 is 29.9 Å². The summed E-state index contributed by atoms with van der Waals surface area (Å²) in [7, 11) is -1.24. The van der Waals surface area contributed by atoms with Crippen LogP contribution in [0.5, 0.6) is 0 Å². The summed E-state index contributed by atoms with van der Waals surface area (Å²) in [5.74, 6) is 0. The van der Waals surface area contributed by atoms with Gasteiger partial charge in [0.25, 0.3) is 0 Å². The number of ether oxygens (including phenoxy) is 2. The molecule has 6 nitrogen and oxygen atoms in total. The smallest absolute Gasteiger partial charge is 0.186 e. The van der Waals surface area contributed by atoms with E-state index in [9.17, 15) is 15.3 Å². The van der Waals surface area contributed by atoms with Crippen molar-refractivity contribution in [3.63, 3.8) is 0 Å². The van der Waals surface area contributed by atoms with Gasteiger partial charge in [0.1, 0.15) is 24.4 Å². The second-order valence-corrected chi connectivity index (χ2v) is 11.5. The largest absolute Gasteiger partial charge is 0.394 e. The Kier molecular flexibility index (Phi) is 5.72. The first kappa shape index (κ1) is 16.0. The van der Waals surface area contributed by atoms with E-state index < -0.39 is 45.4 Å². The van der Waals surface area contributed by atoms with Crippen molar-refractivity contribution in [2.45, 2.75) is 56.4 Å². The Balaban J connectivity index is 2.49. The summed E-state index contributed by atoms with van der Waals surface area (Å²) in [6.45, 7) is 6.59. The van der Waals surface area contributed by atoms with Crippen molar-refractivity contribution in [3.8, 4) is 0 Å². The minimum absolute atomic E-state index is 0.429. The normalized spacial score (nSPS) is 37.8. The van der Waals surface area contributed by atoms with Crippen molar-refractivity contribution in [1.29, 1.82) is 0 Å². The molecule has 0 aliphatic carbocycles. The van der Waals surface area contributed by atoms with Crippen LogP contribution < -0.4 is 0 Å². The molecule has 1 aliphatic heterocycles. The van der Waals surface area contributed by atoms with E-state index in [1.165, 1.54) is 0 Å². The lowest BCUT2D eigenvalue weighted by Gasteiger charge is -2.39. The Morgan fingerprint density at radius 3 is 2.17 bits per heavy atom. The van der Waals surface area contributed by atoms with Crippen LogP contribution in [-0.2, 0) is 9.47 Å². The number of hydrogen-bond donors (Lipinski definition) is 4. The third-order valence-electron chi connectivity index (χ3n) is 2.98. The SMILES string of the molecule is C[Si](C)(C)CCO[C@H]1O[C@H](CO)[C@@H](O)[C@H](O)[C@@H]1O. The highest BCUT2D eigenvalue weighted by Gasteiger charge is 2.43. The van der Waals surface area contributed by atoms with Gasteiger partial charge in [0.05, 0.1) is 6.61 Å². The van der Waals surface area contributed by atoms with E-state index in [2.05, 4.69) is 19.6 Å². The summed E-state index contributed by atoms with van der Waals surface area (Å²) in [4.78, 5) is 0. The molecule has 0 aromatic carbocycles. The highest BCUT2D eigenvalue weighted by atomic mass is 28.3. The van der Waals surface area contributed by atoms with Crippen molar-refractivity contribution in [2.24, 2.45) is 0 Å². The van der Waals surface area contributed by atoms with E-state index in [-0.39, 0.29) is 0 Å². The van der Waals surface area contributed by atoms with Crippen LogP contribution in [0, 0.1) is 0 Å². The van der Waals surface area contributed by atoms with Crippen molar-refractivity contribution in [3.05, 3.63) is 0 Å². The summed E-state index contributed by atoms with van der Waals surface area (Å²) in [5, 5.41) is 37.9. The lowest BCUT2D eigenvalue weighted by molar-refractivity contribution is -0.300. The lowest BCUT2D eigenvalue weighted by atomic mass is 9.99. The Bertz CT molecular complexity index is 254. The Labute approximate surface area is 108 Å². The molecule has 1 heterocycles. The number of hydrogen-bond acceptors (Lipinski definition) is 6. The maximum atomic E-state index is 9.72. The quantitative estimate of drug-likeness (QED) is 0.489. The van der Waals surface area contributed by atoms with Gasteiger partial charge in [-0.15, -0.1) is 0 Å². The maximum absolute atomic E-state index is 9.72. The first-order valence-corrected chi connectivity index (χ1v) is 9.89. The molecule has 0 unspecified atom stereocenters. The molecular weight excluding hydrogens is 256 g/mol. The van der Waals surface area contributed by atoms with Crippen molar-refractivity contribution >= 4 is 8.07 Å². The predicted molar refractivity (Wildman–Crippen MR) is 67.9 cm³/mol. The lowest BCUT2D eigenvalue weighted by Crippen LogP contribution is -2.59. The van der Waals surface area contributed by atoms with Gasteiger partial charge in [-0.1, -0.05) is 19.6 Å². The number of rotatable bonds is 5. The third kappa shape index (κ3) is 4.27. The van der Waals surface area contributed by atoms with Gasteiger partial charge in [-0.3, -0.25) is 0 Å². The number of aliphatic hydroxyl groups excluding tert-OH is 4. The van der Waals surface area contributed by atoms with E-state index in [1.807, 2.05) is 0 Å². The monoisotopic (exact) mass is 280 g/mol. The molecule has 5 atom stereocenters. The van der Waals surface area contributed by atoms with Crippen LogP contribution in [-0.4, -0.2) is 72.4 Å². The molecule has 108 valence electrons. The van der Waals surface area contributed by atoms with Crippen LogP contribution >= 0.6 is 0 Å². The zero-order chi connectivity index (χ0) is 13.9. The molecule has 0 radical (unpaired) electrons. The van der Waals surface area contributed by atoms with Crippen molar-refractivity contribution in [1.82, 2.24) is 0 Å². The fourth-order valence-electron chi connectivity index (χ4n) is 1.69. The Hall–Kier alpha value is -0.0231. The molecule has 1 fully saturated rings. The second kappa shape index (κ2) is 6.42. The highest BCUT2D eigenvalue weighted by molar-refractivity contribution is 6.76. The fourth-order valence-corrected chi connectivity index (χ4v) is 2.42. The van der Waals surface area contributed by atoms with Crippen LogP contribution in [0.3, 0.4) is 0 Å². The van der Waals surface area contributed by atoms with E-state index >= 15 is 0 Å². The summed E-state index contributed by atoms with van der Waals surface area (Å²) < 4.78 is 10.6. The van der Waals surface area contributed by atoms with Crippen LogP contribution in [0.2, 0.25) is 25.7 Å². The van der Waals surface area contributed by atoms with Gasteiger partial charge in [0.2, 0.25) is 0 Å². The molecule has 0 aromatic rings. The molecule has 0 aromatic heterocycles. The zero-order valence-corrected chi connectivity index (χ0v) is 12.1. The van der Waals surface area contributed by atoms with Gasteiger partial charge in [-0.25, -0.2) is 0 Å². The third-order valence-corrected chi connectivity index (χ3v) is 4.69. The highest BCUT2D eigenvalue weighted by Crippen LogP contribution is 2.22. The summed E-state index contributed by atoms with van der Waals surface area (Å²) in [6, 6.07) is 0.905. The standard InChI is InChI=1S/C11H24O6Si/c1-18(2,3)5-4-16-11-10(15)9(14)8(13)7(6-12)17-11/h7-15H,4-6H2,1-3H3/t7-,8-,9+,10+,11+/m1/s1. The van der Waals surface area contributed by atoms with E-state index in [1.54, 1.807) is 0 Å². The van der Waals surface area contributed by atoms with Gasteiger partial charge in [0, 0.05) is 14.7 Å². The maximum Gasteiger partial charge on any atom is 0.186 e. The first-order chi connectivity index (χ1) is 8.26. The van der Waals surface area contributed by atoms with E-state index in [0.717, 1.165) is 6.04 Å². The minimum Gasteiger partial charge on any atom is -0.394 e. The average Bonchev–Trinajstić information content (AvgIpc) is 2.27. The van der Waals surface area contributed by atoms with Crippen molar-refractivity contribution < 1.29 is 29.9 Å². The van der Waals surface area contributed by atoms with Crippen LogP contribution in [0.15, 0.2) is 0 Å². The van der Waals surface area contributed by atoms with Crippen molar-refractivity contribution in [2.75, 3.05) is 13.2 Å². The molecule has 1 rings (SSSR count). The minimum atomic E-state index is -1.37. The topological polar surface area (TPSA) is 99.4 Å². The molecule has 0 saturated carbocycles. The molecular formula is C11H24O6Si. The molecule has 1 aliphatic rings. The first-order valence-electron chi connectivity index (χ1n) is 6.18. The second-order valence-electron chi connectivity index (χ2n) is 5.88. The van der Waals surface area contributed by atoms with Gasteiger partial charge >= 0.3 is 0 Å². The fraction of sp³-hybridized carbons (Fsp3) is 1.00. The molecule has 7 heteroatoms. The predicted octanol–water partition coefficient (Wildman–Crippen LogP) is -0.859. The molecule has 1 saturated heterocycles. The molecule has 0 spiro atoms. The van der Waals surface area contributed by atoms with E-state index in [4.69, 9.17) is 14.6 Å². The van der Waals surface area contributed by atoms with Gasteiger partial charge in [-0.2, -0.15) is 0 Å². The van der Waals surface area contributed by atoms with Gasteiger partial charge in [0.15, 0.2) is 6.29 Å². The van der Waals surface area contributed by atoms with Crippen LogP contribution in [0.25, 0.3) is 0 Å². The molecule has 0 amide bonds. The van der Waals surface area contributed by atoms with Crippen LogP contribution in [0.4, 0.5) is 0 Å². The van der Waals surface area contributed by atoms with Gasteiger partial charge in [-0.05, 0) is 6.04 Å². The zero-order valence-electron chi connectivity index (χ0n) is 11.1. The molecule has 18 heavy (non-hydrogen) atoms. The summed E-state index contributed by atoms with van der Waals surface area (Å²) in [5.41, 5.74) is 0.